The second-order valence-electron chi connectivity index (χ2n) is 7.37. The van der Waals surface area contributed by atoms with Crippen LogP contribution in [0.3, 0.4) is 0 Å². The predicted molar refractivity (Wildman–Crippen MR) is 114 cm³/mol. The van der Waals surface area contributed by atoms with Crippen molar-refractivity contribution in [2.45, 2.75) is 37.5 Å². The quantitative estimate of drug-likeness (QED) is 0.523. The number of hydrogen-bond donors (Lipinski definition) is 0. The predicted octanol–water partition coefficient (Wildman–Crippen LogP) is 2.78. The van der Waals surface area contributed by atoms with Crippen molar-refractivity contribution in [2.75, 3.05) is 45.9 Å². The molecule has 0 radical (unpaired) electrons. The van der Waals surface area contributed by atoms with Gasteiger partial charge in [0.2, 0.25) is 10.0 Å². The molecule has 2 aromatic rings. The first-order valence-electron chi connectivity index (χ1n) is 10.5. The van der Waals surface area contributed by atoms with Crippen molar-refractivity contribution in [1.82, 2.24) is 19.0 Å². The van der Waals surface area contributed by atoms with Gasteiger partial charge < -0.3 is 4.74 Å². The van der Waals surface area contributed by atoms with Crippen LogP contribution in [-0.2, 0) is 14.8 Å². The Labute approximate surface area is 174 Å². The molecule has 8 heteroatoms. The van der Waals surface area contributed by atoms with Gasteiger partial charge in [0.15, 0.2) is 0 Å². The van der Waals surface area contributed by atoms with Gasteiger partial charge in [-0.05, 0) is 18.6 Å². The van der Waals surface area contributed by atoms with Crippen LogP contribution < -0.4 is 0 Å². The van der Waals surface area contributed by atoms with Gasteiger partial charge in [-0.1, -0.05) is 44.4 Å². The van der Waals surface area contributed by atoms with E-state index in [4.69, 9.17) is 4.74 Å². The molecule has 1 saturated heterocycles. The number of rotatable bonds is 11. The van der Waals surface area contributed by atoms with Crippen LogP contribution in [0.15, 0.2) is 47.6 Å². The fraction of sp³-hybridized carbons (Fsp3) is 0.571. The van der Waals surface area contributed by atoms with E-state index in [0.717, 1.165) is 51.0 Å². The number of hydrogen-bond acceptors (Lipinski definition) is 5. The van der Waals surface area contributed by atoms with Crippen LogP contribution in [0.5, 0.6) is 0 Å². The molecule has 7 nitrogen and oxygen atoms in total. The zero-order valence-corrected chi connectivity index (χ0v) is 18.1. The first-order chi connectivity index (χ1) is 14.1. The lowest BCUT2D eigenvalue weighted by Crippen LogP contribution is -2.43. The molecule has 160 valence electrons. The van der Waals surface area contributed by atoms with E-state index >= 15 is 0 Å². The van der Waals surface area contributed by atoms with Crippen molar-refractivity contribution in [3.8, 4) is 5.69 Å². The minimum Gasteiger partial charge on any atom is -0.379 e. The lowest BCUT2D eigenvalue weighted by atomic mass is 10.2. The Morgan fingerprint density at radius 2 is 1.83 bits per heavy atom. The number of nitrogens with zero attached hydrogens (tertiary/aromatic N) is 4. The topological polar surface area (TPSA) is 67.7 Å². The molecular formula is C21H32N4O3S. The molecule has 1 aliphatic rings. The van der Waals surface area contributed by atoms with E-state index < -0.39 is 10.0 Å². The highest BCUT2D eigenvalue weighted by Crippen LogP contribution is 2.18. The van der Waals surface area contributed by atoms with Gasteiger partial charge in [-0.25, -0.2) is 13.1 Å². The van der Waals surface area contributed by atoms with Gasteiger partial charge in [0.25, 0.3) is 0 Å². The van der Waals surface area contributed by atoms with E-state index in [1.54, 1.807) is 15.2 Å². The van der Waals surface area contributed by atoms with Crippen LogP contribution in [0.2, 0.25) is 0 Å². The van der Waals surface area contributed by atoms with Gasteiger partial charge >= 0.3 is 0 Å². The van der Waals surface area contributed by atoms with Crippen LogP contribution in [0.25, 0.3) is 5.69 Å². The number of morpholine rings is 1. The number of benzene rings is 1. The molecule has 1 aromatic carbocycles. The summed E-state index contributed by atoms with van der Waals surface area (Å²) in [4.78, 5) is 2.52. The smallest absolute Gasteiger partial charge is 0.246 e. The third-order valence-electron chi connectivity index (χ3n) is 5.25. The average Bonchev–Trinajstić information content (AvgIpc) is 3.26. The Morgan fingerprint density at radius 3 is 2.55 bits per heavy atom. The second kappa shape index (κ2) is 10.9. The summed E-state index contributed by atoms with van der Waals surface area (Å²) in [6.45, 7) is 7.06. The highest BCUT2D eigenvalue weighted by Gasteiger charge is 2.26. The highest BCUT2D eigenvalue weighted by molar-refractivity contribution is 7.89. The summed E-state index contributed by atoms with van der Waals surface area (Å²) in [6.07, 6.45) is 7.24. The standard InChI is InChI=1S/C21H32N4O3S/c1-2-3-4-8-11-24(13-12-23-14-16-28-17-15-23)29(26,27)21-18-22-25(19-21)20-9-6-5-7-10-20/h5-7,9-10,18-19H,2-4,8,11-17H2,1H3. The molecule has 0 amide bonds. The number of para-hydroxylation sites is 1. The van der Waals surface area contributed by atoms with E-state index in [2.05, 4.69) is 16.9 Å². The number of sulfonamides is 1. The van der Waals surface area contributed by atoms with Crippen molar-refractivity contribution >= 4 is 10.0 Å². The summed E-state index contributed by atoms with van der Waals surface area (Å²) < 4.78 is 35.3. The molecule has 3 rings (SSSR count). The molecule has 0 saturated carbocycles. The molecular weight excluding hydrogens is 388 g/mol. The van der Waals surface area contributed by atoms with E-state index in [9.17, 15) is 8.42 Å². The molecule has 2 heterocycles. The number of ether oxygens (including phenoxy) is 1. The zero-order chi connectivity index (χ0) is 20.5. The maximum Gasteiger partial charge on any atom is 0.246 e. The molecule has 1 fully saturated rings. The Kier molecular flexibility index (Phi) is 8.23. The Morgan fingerprint density at radius 1 is 1.07 bits per heavy atom. The van der Waals surface area contributed by atoms with Crippen LogP contribution in [0, 0.1) is 0 Å². The second-order valence-corrected chi connectivity index (χ2v) is 9.31. The summed E-state index contributed by atoms with van der Waals surface area (Å²) in [5, 5.41) is 4.28. The molecule has 0 aliphatic carbocycles. The van der Waals surface area contributed by atoms with Crippen molar-refractivity contribution in [3.05, 3.63) is 42.7 Å². The van der Waals surface area contributed by atoms with E-state index in [1.807, 2.05) is 30.3 Å². The van der Waals surface area contributed by atoms with Gasteiger partial charge in [-0.2, -0.15) is 9.40 Å². The highest BCUT2D eigenvalue weighted by atomic mass is 32.2. The van der Waals surface area contributed by atoms with Crippen LogP contribution in [0.4, 0.5) is 0 Å². The number of aromatic nitrogens is 2. The average molecular weight is 421 g/mol. The third kappa shape index (κ3) is 6.12. The minimum atomic E-state index is -3.58. The van der Waals surface area contributed by atoms with Gasteiger partial charge in [-0.3, -0.25) is 4.90 Å². The third-order valence-corrected chi connectivity index (χ3v) is 7.10. The maximum atomic E-state index is 13.3. The SMILES string of the molecule is CCCCCCN(CCN1CCOCC1)S(=O)(=O)c1cnn(-c2ccccc2)c1. The fourth-order valence-corrected chi connectivity index (χ4v) is 4.86. The lowest BCUT2D eigenvalue weighted by Gasteiger charge is -2.29. The van der Waals surface area contributed by atoms with Gasteiger partial charge in [-0.15, -0.1) is 0 Å². The van der Waals surface area contributed by atoms with Gasteiger partial charge in [0, 0.05) is 32.7 Å². The summed E-state index contributed by atoms with van der Waals surface area (Å²) in [6, 6.07) is 9.56. The fourth-order valence-electron chi connectivity index (χ4n) is 3.46. The molecule has 1 aliphatic heterocycles. The maximum absolute atomic E-state index is 13.3. The van der Waals surface area contributed by atoms with E-state index in [-0.39, 0.29) is 4.90 Å². The van der Waals surface area contributed by atoms with Gasteiger partial charge in [0.05, 0.1) is 31.3 Å². The van der Waals surface area contributed by atoms with Crippen LogP contribution >= 0.6 is 0 Å². The molecule has 0 bridgehead atoms. The summed E-state index contributed by atoms with van der Waals surface area (Å²) in [5.41, 5.74) is 0.844. The summed E-state index contributed by atoms with van der Waals surface area (Å²) in [7, 11) is -3.58. The summed E-state index contributed by atoms with van der Waals surface area (Å²) in [5.74, 6) is 0. The lowest BCUT2D eigenvalue weighted by molar-refractivity contribution is 0.0362. The molecule has 0 spiro atoms. The molecule has 29 heavy (non-hydrogen) atoms. The van der Waals surface area contributed by atoms with E-state index in [1.165, 1.54) is 6.20 Å². The summed E-state index contributed by atoms with van der Waals surface area (Å²) >= 11 is 0. The van der Waals surface area contributed by atoms with Crippen molar-refractivity contribution in [2.24, 2.45) is 0 Å². The minimum absolute atomic E-state index is 0.249. The Bertz CT molecular complexity index is 833. The first-order valence-corrected chi connectivity index (χ1v) is 12.0. The van der Waals surface area contributed by atoms with Crippen LogP contribution in [0.1, 0.15) is 32.6 Å². The molecule has 0 unspecified atom stereocenters. The first kappa shape index (κ1) is 22.0. The van der Waals surface area contributed by atoms with Crippen molar-refractivity contribution in [3.63, 3.8) is 0 Å². The molecule has 0 N–H and O–H groups in total. The van der Waals surface area contributed by atoms with Crippen molar-refractivity contribution in [1.29, 1.82) is 0 Å². The zero-order valence-electron chi connectivity index (χ0n) is 17.2. The molecule has 1 aromatic heterocycles. The molecule has 0 atom stereocenters. The number of unbranched alkanes of at least 4 members (excludes halogenated alkanes) is 3. The van der Waals surface area contributed by atoms with E-state index in [0.29, 0.717) is 26.3 Å². The normalized spacial score (nSPS) is 15.8. The van der Waals surface area contributed by atoms with Crippen LogP contribution in [-0.4, -0.2) is 73.3 Å². The Hall–Kier alpha value is -1.74. The largest absolute Gasteiger partial charge is 0.379 e. The van der Waals surface area contributed by atoms with Crippen molar-refractivity contribution < 1.29 is 13.2 Å². The van der Waals surface area contributed by atoms with Gasteiger partial charge in [0.1, 0.15) is 4.90 Å². The monoisotopic (exact) mass is 420 g/mol. The Balaban J connectivity index is 1.72.